The molecule has 0 radical (unpaired) electrons. The topological polar surface area (TPSA) is 161 Å². The molecule has 0 aromatic heterocycles. The summed E-state index contributed by atoms with van der Waals surface area (Å²) >= 11 is 0. The molecule has 1 aliphatic heterocycles. The van der Waals surface area contributed by atoms with E-state index in [4.69, 9.17) is 18.9 Å². The highest BCUT2D eigenvalue weighted by atomic mass is 16.6. The summed E-state index contributed by atoms with van der Waals surface area (Å²) in [5.74, 6) is -1.23. The highest BCUT2D eigenvalue weighted by molar-refractivity contribution is 5.82. The van der Waals surface area contributed by atoms with Gasteiger partial charge in [0.1, 0.15) is 23.3 Å². The van der Waals surface area contributed by atoms with E-state index in [2.05, 4.69) is 39.9 Å². The maximum absolute atomic E-state index is 14.5. The molecule has 1 saturated heterocycles. The molecule has 1 unspecified atom stereocenters. The minimum atomic E-state index is -1.16. The molecule has 0 aromatic carbocycles. The Morgan fingerprint density at radius 2 is 1.45 bits per heavy atom. The average Bonchev–Trinajstić information content (AvgIpc) is 3.37. The molecular formula is C44H73NO10. The Bertz CT molecular complexity index is 1520. The lowest BCUT2D eigenvalue weighted by molar-refractivity contribution is -0.221. The lowest BCUT2D eigenvalue weighted by atomic mass is 9.41. The van der Waals surface area contributed by atoms with Crippen molar-refractivity contribution >= 4 is 18.0 Å². The Balaban J connectivity index is 1.33. The molecule has 2 spiro atoms. The van der Waals surface area contributed by atoms with Gasteiger partial charge in [0.25, 0.3) is 0 Å². The lowest BCUT2D eigenvalue weighted by Gasteiger charge is -2.64. The fourth-order valence-corrected chi connectivity index (χ4v) is 13.8. The predicted molar refractivity (Wildman–Crippen MR) is 207 cm³/mol. The van der Waals surface area contributed by atoms with Crippen molar-refractivity contribution in [3.8, 4) is 0 Å². The third-order valence-corrected chi connectivity index (χ3v) is 16.1. The first-order valence-electron chi connectivity index (χ1n) is 21.1. The van der Waals surface area contributed by atoms with Crippen LogP contribution in [0.3, 0.4) is 0 Å². The molecule has 1 heterocycles. The van der Waals surface area contributed by atoms with Gasteiger partial charge in [-0.3, -0.25) is 4.79 Å². The van der Waals surface area contributed by atoms with Gasteiger partial charge in [-0.25, -0.2) is 9.59 Å². The van der Waals surface area contributed by atoms with Gasteiger partial charge < -0.3 is 39.6 Å². The van der Waals surface area contributed by atoms with Gasteiger partial charge in [0.2, 0.25) is 0 Å². The number of hydrogen-bond acceptors (Lipinski definition) is 10. The lowest BCUT2D eigenvalue weighted by Crippen LogP contribution is -2.63. The molecule has 6 aliphatic rings. The summed E-state index contributed by atoms with van der Waals surface area (Å²) in [5.41, 5.74) is -4.37. The molecular weight excluding hydrogens is 702 g/mol. The Labute approximate surface area is 329 Å². The summed E-state index contributed by atoms with van der Waals surface area (Å²) in [6.45, 7) is 25.2. The van der Waals surface area contributed by atoms with Crippen molar-refractivity contribution in [3.63, 3.8) is 0 Å². The molecule has 55 heavy (non-hydrogen) atoms. The van der Waals surface area contributed by atoms with Crippen molar-refractivity contribution in [1.82, 2.24) is 5.32 Å². The molecule has 0 bridgehead atoms. The molecule has 5 aliphatic carbocycles. The van der Waals surface area contributed by atoms with Crippen LogP contribution in [0, 0.1) is 44.8 Å². The Hall–Kier alpha value is -1.95. The molecule has 11 heteroatoms. The predicted octanol–water partition coefficient (Wildman–Crippen LogP) is 7.00. The molecule has 314 valence electrons. The standard InChI is InChI=1S/C44H73NO10/c1-36(2,3)54-31(48)15-14-25(45-35(50)55-37(4,5)6)34(49)52-27-22-28-41(12)23-26(46)32(42(13)18-17-30(53-42)39(9,10)51)40(41,11)20-21-43(28)24-44(43)19-16-29(47)38(7,8)33(27)44/h25-30,32-33,46-47,51H,14-24H2,1-13H3,(H,45,50)/t25-,26-,27-,28?,29-,30-,32-,33-,40+,41-,42+,43-,44+/m0/s1. The normalized spacial score (nSPS) is 43.9. The Morgan fingerprint density at radius 1 is 0.818 bits per heavy atom. The number of aliphatic hydroxyl groups is 3. The number of fused-ring (bicyclic) bond motifs is 2. The molecule has 13 atom stereocenters. The number of alkyl carbamates (subject to hydrolysis) is 1. The fraction of sp³-hybridized carbons (Fsp3) is 0.932. The van der Waals surface area contributed by atoms with Gasteiger partial charge in [-0.15, -0.1) is 0 Å². The van der Waals surface area contributed by atoms with E-state index >= 15 is 0 Å². The number of esters is 2. The molecule has 5 saturated carbocycles. The van der Waals surface area contributed by atoms with Crippen molar-refractivity contribution in [1.29, 1.82) is 0 Å². The molecule has 1 amide bonds. The monoisotopic (exact) mass is 776 g/mol. The van der Waals surface area contributed by atoms with Crippen LogP contribution in [-0.2, 0) is 28.5 Å². The second kappa shape index (κ2) is 13.3. The van der Waals surface area contributed by atoms with E-state index in [1.165, 1.54) is 0 Å². The smallest absolute Gasteiger partial charge is 0.408 e. The zero-order chi connectivity index (χ0) is 41.2. The molecule has 11 nitrogen and oxygen atoms in total. The van der Waals surface area contributed by atoms with Crippen LogP contribution in [0.2, 0.25) is 0 Å². The largest absolute Gasteiger partial charge is 0.460 e. The zero-order valence-corrected chi connectivity index (χ0v) is 36.1. The van der Waals surface area contributed by atoms with Crippen LogP contribution >= 0.6 is 0 Å². The molecule has 0 aromatic rings. The van der Waals surface area contributed by atoms with Crippen molar-refractivity contribution in [2.24, 2.45) is 44.8 Å². The van der Waals surface area contributed by atoms with Gasteiger partial charge in [0.15, 0.2) is 0 Å². The second-order valence-corrected chi connectivity index (χ2v) is 22.6. The van der Waals surface area contributed by atoms with E-state index in [-0.39, 0.29) is 58.4 Å². The number of carbonyl (C=O) groups is 3. The van der Waals surface area contributed by atoms with E-state index in [9.17, 15) is 29.7 Å². The van der Waals surface area contributed by atoms with E-state index in [0.717, 1.165) is 38.5 Å². The van der Waals surface area contributed by atoms with Crippen LogP contribution in [0.15, 0.2) is 0 Å². The number of hydrogen-bond donors (Lipinski definition) is 4. The van der Waals surface area contributed by atoms with Gasteiger partial charge in [-0.2, -0.15) is 0 Å². The first-order valence-corrected chi connectivity index (χ1v) is 21.1. The van der Waals surface area contributed by atoms with Gasteiger partial charge in [0.05, 0.1) is 29.5 Å². The number of nitrogens with one attached hydrogen (secondary N) is 1. The van der Waals surface area contributed by atoms with E-state index in [0.29, 0.717) is 19.3 Å². The number of rotatable bonds is 8. The minimum Gasteiger partial charge on any atom is -0.460 e. The van der Waals surface area contributed by atoms with Crippen molar-refractivity contribution < 1.29 is 48.7 Å². The zero-order valence-electron chi connectivity index (χ0n) is 36.1. The van der Waals surface area contributed by atoms with Gasteiger partial charge in [0, 0.05) is 18.3 Å². The number of aliphatic hydroxyl groups excluding tert-OH is 2. The van der Waals surface area contributed by atoms with Crippen LogP contribution in [0.4, 0.5) is 4.79 Å². The first kappa shape index (κ1) is 42.7. The summed E-state index contributed by atoms with van der Waals surface area (Å²) in [7, 11) is 0. The van der Waals surface area contributed by atoms with Crippen LogP contribution in [0.1, 0.15) is 161 Å². The summed E-state index contributed by atoms with van der Waals surface area (Å²) in [5, 5.41) is 37.3. The quantitative estimate of drug-likeness (QED) is 0.149. The van der Waals surface area contributed by atoms with Gasteiger partial charge >= 0.3 is 18.0 Å². The first-order chi connectivity index (χ1) is 24.9. The highest BCUT2D eigenvalue weighted by Crippen LogP contribution is 2.89. The third-order valence-electron chi connectivity index (χ3n) is 16.1. The van der Waals surface area contributed by atoms with Crippen molar-refractivity contribution in [3.05, 3.63) is 0 Å². The number of amides is 1. The van der Waals surface area contributed by atoms with Crippen LogP contribution in [0.25, 0.3) is 0 Å². The van der Waals surface area contributed by atoms with Gasteiger partial charge in [-0.1, -0.05) is 27.7 Å². The van der Waals surface area contributed by atoms with Crippen molar-refractivity contribution in [2.45, 2.75) is 213 Å². The second-order valence-electron chi connectivity index (χ2n) is 22.6. The minimum absolute atomic E-state index is 0.00119. The SMILES string of the molecule is CC(C)(C)OC(=O)CC[C@H](NC(=O)OC(C)(C)C)C(=O)O[C@H]1CC2[C@]3(CC[C@]4(C)[C@@H]([C@@]5(C)CC[C@@H](C(C)(C)O)O5)[C@@H](O)C[C@@]24C)C[C@@]32CC[C@H](O)C(C)(C)[C@H]12. The third kappa shape index (κ3) is 7.04. The highest BCUT2D eigenvalue weighted by Gasteiger charge is 2.85. The molecule has 4 N–H and O–H groups in total. The summed E-state index contributed by atoms with van der Waals surface area (Å²) in [6.07, 6.45) is 4.22. The summed E-state index contributed by atoms with van der Waals surface area (Å²) in [6, 6.07) is -1.16. The van der Waals surface area contributed by atoms with Crippen LogP contribution < -0.4 is 5.32 Å². The van der Waals surface area contributed by atoms with Gasteiger partial charge in [-0.05, 0) is 160 Å². The Kier molecular flexibility index (Phi) is 10.3. The van der Waals surface area contributed by atoms with Crippen LogP contribution in [0.5, 0.6) is 0 Å². The maximum atomic E-state index is 14.5. The summed E-state index contributed by atoms with van der Waals surface area (Å²) < 4.78 is 24.5. The van der Waals surface area contributed by atoms with Crippen LogP contribution in [-0.4, -0.2) is 86.2 Å². The van der Waals surface area contributed by atoms with E-state index in [1.807, 2.05) is 0 Å². The maximum Gasteiger partial charge on any atom is 0.408 e. The van der Waals surface area contributed by atoms with Crippen molar-refractivity contribution in [2.75, 3.05) is 0 Å². The Morgan fingerprint density at radius 3 is 2.04 bits per heavy atom. The molecule has 6 fully saturated rings. The molecule has 6 rings (SSSR count). The van der Waals surface area contributed by atoms with E-state index < -0.39 is 70.2 Å². The van der Waals surface area contributed by atoms with E-state index in [1.54, 1.807) is 55.4 Å². The number of ether oxygens (including phenoxy) is 4. The fourth-order valence-electron chi connectivity index (χ4n) is 13.8. The number of carbonyl (C=O) groups excluding carboxylic acids is 3. The average molecular weight is 776 g/mol. The summed E-state index contributed by atoms with van der Waals surface area (Å²) in [4.78, 5) is 40.4.